The summed E-state index contributed by atoms with van der Waals surface area (Å²) in [4.78, 5) is 0. The van der Waals surface area contributed by atoms with Crippen LogP contribution in [0.2, 0.25) is 0 Å². The molecule has 1 fully saturated rings. The molecule has 0 spiro atoms. The maximum absolute atomic E-state index is 11.9. The van der Waals surface area contributed by atoms with Gasteiger partial charge in [0.05, 0.1) is 17.1 Å². The Bertz CT molecular complexity index is 370. The highest BCUT2D eigenvalue weighted by Crippen LogP contribution is 2.29. The Kier molecular flexibility index (Phi) is 3.70. The summed E-state index contributed by atoms with van der Waals surface area (Å²) in [6, 6.07) is 0. The van der Waals surface area contributed by atoms with Crippen molar-refractivity contribution < 1.29 is 13.5 Å². The Labute approximate surface area is 97.5 Å². The number of aliphatic hydroxyl groups is 1. The first-order valence-corrected chi connectivity index (χ1v) is 7.91. The van der Waals surface area contributed by atoms with E-state index in [1.54, 1.807) is 0 Å². The minimum Gasteiger partial charge on any atom is -0.387 e. The molecule has 0 amide bonds. The summed E-state index contributed by atoms with van der Waals surface area (Å²) < 4.78 is 23.8. The van der Waals surface area contributed by atoms with Crippen molar-refractivity contribution in [1.82, 2.24) is 0 Å². The first kappa shape index (κ1) is 12.1. The van der Waals surface area contributed by atoms with Gasteiger partial charge in [0, 0.05) is 0 Å². The third-order valence-corrected chi connectivity index (χ3v) is 5.96. The van der Waals surface area contributed by atoms with Crippen LogP contribution in [0.15, 0.2) is 11.6 Å². The zero-order valence-corrected chi connectivity index (χ0v) is 10.4. The van der Waals surface area contributed by atoms with Gasteiger partial charge in [-0.15, -0.1) is 0 Å². The summed E-state index contributed by atoms with van der Waals surface area (Å²) >= 11 is 0. The molecule has 0 bridgehead atoms. The van der Waals surface area contributed by atoms with E-state index >= 15 is 0 Å². The predicted octanol–water partition coefficient (Wildman–Crippen LogP) is 1.82. The molecule has 1 aliphatic carbocycles. The average Bonchev–Trinajstić information content (AvgIpc) is 2.29. The maximum atomic E-state index is 11.9. The van der Waals surface area contributed by atoms with Crippen molar-refractivity contribution in [2.45, 2.75) is 56.3 Å². The zero-order chi connectivity index (χ0) is 11.6. The van der Waals surface area contributed by atoms with Crippen LogP contribution in [-0.4, -0.2) is 30.6 Å². The van der Waals surface area contributed by atoms with Crippen molar-refractivity contribution in [3.63, 3.8) is 0 Å². The smallest absolute Gasteiger partial charge is 0.156 e. The van der Waals surface area contributed by atoms with Gasteiger partial charge in [-0.2, -0.15) is 0 Å². The molecule has 4 heteroatoms. The second kappa shape index (κ2) is 4.88. The van der Waals surface area contributed by atoms with Crippen LogP contribution >= 0.6 is 0 Å². The highest BCUT2D eigenvalue weighted by molar-refractivity contribution is 7.92. The number of hydrogen-bond acceptors (Lipinski definition) is 3. The molecule has 0 radical (unpaired) electrons. The normalized spacial score (nSPS) is 31.8. The Morgan fingerprint density at radius 1 is 1.25 bits per heavy atom. The topological polar surface area (TPSA) is 54.4 Å². The van der Waals surface area contributed by atoms with E-state index in [1.807, 2.05) is 6.08 Å². The van der Waals surface area contributed by atoms with Gasteiger partial charge < -0.3 is 5.11 Å². The van der Waals surface area contributed by atoms with Crippen LogP contribution in [0.25, 0.3) is 0 Å². The highest BCUT2D eigenvalue weighted by Gasteiger charge is 2.36. The van der Waals surface area contributed by atoms with E-state index in [1.165, 1.54) is 0 Å². The van der Waals surface area contributed by atoms with Gasteiger partial charge in [-0.1, -0.05) is 12.5 Å². The fourth-order valence-electron chi connectivity index (χ4n) is 2.70. The molecule has 2 aliphatic rings. The summed E-state index contributed by atoms with van der Waals surface area (Å²) in [7, 11) is -3.06. The van der Waals surface area contributed by atoms with Crippen molar-refractivity contribution in [2.24, 2.45) is 0 Å². The minimum atomic E-state index is -3.06. The van der Waals surface area contributed by atoms with E-state index < -0.39 is 21.2 Å². The monoisotopic (exact) mass is 244 g/mol. The molecule has 0 aromatic heterocycles. The van der Waals surface area contributed by atoms with Gasteiger partial charge in [-0.25, -0.2) is 8.42 Å². The molecule has 2 atom stereocenters. The summed E-state index contributed by atoms with van der Waals surface area (Å²) in [6.45, 7) is 0. The number of sulfone groups is 1. The van der Waals surface area contributed by atoms with E-state index in [4.69, 9.17) is 0 Å². The first-order chi connectivity index (χ1) is 7.61. The minimum absolute atomic E-state index is 0.252. The molecule has 1 saturated heterocycles. The molecule has 16 heavy (non-hydrogen) atoms. The standard InChI is InChI=1S/C12H20O3S/c13-12(10-6-2-1-3-7-10)11-8-4-5-9-16(11,14)15/h6,11-13H,1-5,7-9H2. The van der Waals surface area contributed by atoms with Crippen LogP contribution in [0, 0.1) is 0 Å². The summed E-state index contributed by atoms with van der Waals surface area (Å²) in [5.41, 5.74) is 0.960. The third kappa shape index (κ3) is 2.48. The number of rotatable bonds is 2. The maximum Gasteiger partial charge on any atom is 0.156 e. The van der Waals surface area contributed by atoms with Crippen LogP contribution in [-0.2, 0) is 9.84 Å². The van der Waals surface area contributed by atoms with Crippen LogP contribution in [0.1, 0.15) is 44.9 Å². The fraction of sp³-hybridized carbons (Fsp3) is 0.833. The van der Waals surface area contributed by atoms with Crippen molar-refractivity contribution >= 4 is 9.84 Å². The predicted molar refractivity (Wildman–Crippen MR) is 64.0 cm³/mol. The fourth-order valence-corrected chi connectivity index (χ4v) is 4.71. The Balaban J connectivity index is 2.13. The summed E-state index contributed by atoms with van der Waals surface area (Å²) in [5, 5.41) is 9.65. The Morgan fingerprint density at radius 3 is 2.69 bits per heavy atom. The Morgan fingerprint density at radius 2 is 2.06 bits per heavy atom. The molecule has 92 valence electrons. The quantitative estimate of drug-likeness (QED) is 0.754. The molecule has 0 saturated carbocycles. The van der Waals surface area contributed by atoms with Crippen molar-refractivity contribution in [3.8, 4) is 0 Å². The molecule has 2 unspecified atom stereocenters. The van der Waals surface area contributed by atoms with Gasteiger partial charge in [0.2, 0.25) is 0 Å². The highest BCUT2D eigenvalue weighted by atomic mass is 32.2. The SMILES string of the molecule is O=S1(=O)CCCCC1C(O)C1=CCCCC1. The Hall–Kier alpha value is -0.350. The first-order valence-electron chi connectivity index (χ1n) is 6.20. The van der Waals surface area contributed by atoms with E-state index in [9.17, 15) is 13.5 Å². The van der Waals surface area contributed by atoms with Crippen LogP contribution < -0.4 is 0 Å². The van der Waals surface area contributed by atoms with Crippen molar-refractivity contribution in [3.05, 3.63) is 11.6 Å². The van der Waals surface area contributed by atoms with Crippen LogP contribution in [0.4, 0.5) is 0 Å². The second-order valence-electron chi connectivity index (χ2n) is 4.87. The van der Waals surface area contributed by atoms with Crippen molar-refractivity contribution in [1.29, 1.82) is 0 Å². The van der Waals surface area contributed by atoms with Crippen LogP contribution in [0.5, 0.6) is 0 Å². The lowest BCUT2D eigenvalue weighted by molar-refractivity contribution is 0.190. The van der Waals surface area contributed by atoms with E-state index in [-0.39, 0.29) is 5.75 Å². The van der Waals surface area contributed by atoms with E-state index in [0.717, 1.165) is 44.1 Å². The summed E-state index contributed by atoms with van der Waals surface area (Å²) in [5.74, 6) is 0.252. The van der Waals surface area contributed by atoms with Crippen LogP contribution in [0.3, 0.4) is 0 Å². The van der Waals surface area contributed by atoms with Gasteiger partial charge in [-0.3, -0.25) is 0 Å². The lowest BCUT2D eigenvalue weighted by Gasteiger charge is -2.29. The lowest BCUT2D eigenvalue weighted by atomic mass is 9.92. The molecular weight excluding hydrogens is 224 g/mol. The number of aliphatic hydroxyl groups excluding tert-OH is 1. The molecule has 1 N–H and O–H groups in total. The van der Waals surface area contributed by atoms with Crippen molar-refractivity contribution in [2.75, 3.05) is 5.75 Å². The molecule has 0 aromatic rings. The lowest BCUT2D eigenvalue weighted by Crippen LogP contribution is -2.39. The van der Waals surface area contributed by atoms with Gasteiger partial charge in [0.1, 0.15) is 0 Å². The average molecular weight is 244 g/mol. The molecule has 3 nitrogen and oxygen atoms in total. The number of hydrogen-bond donors (Lipinski definition) is 1. The van der Waals surface area contributed by atoms with Gasteiger partial charge in [-0.05, 0) is 44.1 Å². The van der Waals surface area contributed by atoms with Gasteiger partial charge in [0.15, 0.2) is 9.84 Å². The largest absolute Gasteiger partial charge is 0.387 e. The zero-order valence-electron chi connectivity index (χ0n) is 9.56. The molecule has 1 heterocycles. The second-order valence-corrected chi connectivity index (χ2v) is 7.21. The van der Waals surface area contributed by atoms with E-state index in [0.29, 0.717) is 6.42 Å². The molecule has 0 aromatic carbocycles. The molecular formula is C12H20O3S. The third-order valence-electron chi connectivity index (χ3n) is 3.69. The molecule has 2 rings (SSSR count). The van der Waals surface area contributed by atoms with Gasteiger partial charge in [0.25, 0.3) is 0 Å². The number of allylic oxidation sites excluding steroid dienone is 1. The van der Waals surface area contributed by atoms with E-state index in [2.05, 4.69) is 0 Å². The molecule has 1 aliphatic heterocycles. The summed E-state index contributed by atoms with van der Waals surface area (Å²) in [6.07, 6.45) is 7.69. The van der Waals surface area contributed by atoms with Gasteiger partial charge >= 0.3 is 0 Å².